The Morgan fingerprint density at radius 3 is 2.46 bits per heavy atom. The maximum absolute atomic E-state index is 9.06. The van der Waals surface area contributed by atoms with Gasteiger partial charge in [0.05, 0.1) is 32.3 Å². The molecule has 0 aliphatic rings. The second-order valence-electron chi connectivity index (χ2n) is 4.81. The first kappa shape index (κ1) is 17.6. The first-order valence-corrected chi connectivity index (χ1v) is 8.15. The van der Waals surface area contributed by atoms with Gasteiger partial charge in [0.15, 0.2) is 0 Å². The molecule has 1 atom stereocenters. The maximum Gasteiger partial charge on any atom is 0.276 e. The SMILES string of the molecule is COc1cc(OC)cc(-c2nnc(SC[C@@H](C#N)CCC#N)o2)c1. The molecule has 1 aromatic heterocycles. The highest BCUT2D eigenvalue weighted by Crippen LogP contribution is 2.31. The van der Waals surface area contributed by atoms with Gasteiger partial charge in [0, 0.05) is 23.8 Å². The van der Waals surface area contributed by atoms with E-state index in [1.54, 1.807) is 32.4 Å². The Morgan fingerprint density at radius 2 is 1.88 bits per heavy atom. The van der Waals surface area contributed by atoms with E-state index >= 15 is 0 Å². The van der Waals surface area contributed by atoms with Crippen LogP contribution in [-0.4, -0.2) is 30.2 Å². The van der Waals surface area contributed by atoms with E-state index in [-0.39, 0.29) is 5.92 Å². The molecular weight excluding hydrogens is 328 g/mol. The van der Waals surface area contributed by atoms with E-state index in [0.29, 0.717) is 46.8 Å². The van der Waals surface area contributed by atoms with Crippen molar-refractivity contribution in [2.75, 3.05) is 20.0 Å². The van der Waals surface area contributed by atoms with Crippen molar-refractivity contribution in [3.63, 3.8) is 0 Å². The lowest BCUT2D eigenvalue weighted by atomic mass is 10.1. The van der Waals surface area contributed by atoms with Crippen molar-refractivity contribution in [3.05, 3.63) is 18.2 Å². The van der Waals surface area contributed by atoms with Gasteiger partial charge in [0.2, 0.25) is 5.89 Å². The van der Waals surface area contributed by atoms with Crippen molar-refractivity contribution in [1.82, 2.24) is 10.2 Å². The van der Waals surface area contributed by atoms with Crippen molar-refractivity contribution >= 4 is 11.8 Å². The number of aromatic nitrogens is 2. The van der Waals surface area contributed by atoms with Gasteiger partial charge < -0.3 is 13.9 Å². The number of nitriles is 2. The van der Waals surface area contributed by atoms with Crippen molar-refractivity contribution < 1.29 is 13.9 Å². The number of methoxy groups -OCH3 is 2. The molecule has 0 N–H and O–H groups in total. The van der Waals surface area contributed by atoms with Gasteiger partial charge in [-0.05, 0) is 18.6 Å². The van der Waals surface area contributed by atoms with Gasteiger partial charge in [-0.25, -0.2) is 0 Å². The standard InChI is InChI=1S/C16H16N4O3S/c1-21-13-6-12(7-14(8-13)22-2)15-19-20-16(23-15)24-10-11(9-18)4-3-5-17/h6-8,11H,3-4,10H2,1-2H3/t11-/m1/s1. The molecule has 1 heterocycles. The Hall–Kier alpha value is -2.71. The van der Waals surface area contributed by atoms with Crippen molar-refractivity contribution in [1.29, 1.82) is 10.5 Å². The number of thioether (sulfide) groups is 1. The molecule has 0 saturated carbocycles. The fourth-order valence-corrected chi connectivity index (χ4v) is 2.73. The van der Waals surface area contributed by atoms with Crippen LogP contribution < -0.4 is 9.47 Å². The summed E-state index contributed by atoms with van der Waals surface area (Å²) in [6.07, 6.45) is 0.894. The summed E-state index contributed by atoms with van der Waals surface area (Å²) in [5.41, 5.74) is 0.687. The van der Waals surface area contributed by atoms with E-state index in [9.17, 15) is 0 Å². The molecule has 7 nitrogen and oxygen atoms in total. The first-order valence-electron chi connectivity index (χ1n) is 7.16. The largest absolute Gasteiger partial charge is 0.497 e. The van der Waals surface area contributed by atoms with Gasteiger partial charge in [-0.15, -0.1) is 10.2 Å². The average Bonchev–Trinajstić information content (AvgIpc) is 3.10. The number of hydrogen-bond acceptors (Lipinski definition) is 8. The van der Waals surface area contributed by atoms with E-state index in [0.717, 1.165) is 0 Å². The van der Waals surface area contributed by atoms with Gasteiger partial charge in [0.25, 0.3) is 5.22 Å². The molecule has 0 unspecified atom stereocenters. The number of hydrogen-bond donors (Lipinski definition) is 0. The summed E-state index contributed by atoms with van der Waals surface area (Å²) in [6, 6.07) is 9.52. The van der Waals surface area contributed by atoms with Crippen molar-refractivity contribution in [2.45, 2.75) is 18.1 Å². The molecule has 0 aliphatic heterocycles. The van der Waals surface area contributed by atoms with Crippen LogP contribution in [-0.2, 0) is 0 Å². The Morgan fingerprint density at radius 1 is 1.17 bits per heavy atom. The molecule has 24 heavy (non-hydrogen) atoms. The van der Waals surface area contributed by atoms with Crippen LogP contribution in [0.2, 0.25) is 0 Å². The second-order valence-corrected chi connectivity index (χ2v) is 5.78. The molecule has 0 fully saturated rings. The van der Waals surface area contributed by atoms with Crippen LogP contribution in [0.3, 0.4) is 0 Å². The Labute approximate surface area is 144 Å². The van der Waals surface area contributed by atoms with E-state index < -0.39 is 0 Å². The zero-order valence-electron chi connectivity index (χ0n) is 13.4. The van der Waals surface area contributed by atoms with E-state index in [4.69, 9.17) is 24.4 Å². The highest BCUT2D eigenvalue weighted by Gasteiger charge is 2.14. The molecule has 0 saturated heterocycles. The van der Waals surface area contributed by atoms with Crippen LogP contribution >= 0.6 is 11.8 Å². The molecule has 124 valence electrons. The van der Waals surface area contributed by atoms with Crippen LogP contribution in [0.15, 0.2) is 27.8 Å². The van der Waals surface area contributed by atoms with Gasteiger partial charge in [-0.3, -0.25) is 0 Å². The molecule has 0 spiro atoms. The number of ether oxygens (including phenoxy) is 2. The Balaban J connectivity index is 2.08. The zero-order valence-corrected chi connectivity index (χ0v) is 14.2. The average molecular weight is 344 g/mol. The summed E-state index contributed by atoms with van der Waals surface area (Å²) in [5.74, 6) is 1.87. The lowest BCUT2D eigenvalue weighted by Crippen LogP contribution is -2.00. The normalized spacial score (nSPS) is 11.3. The Bertz CT molecular complexity index is 741. The predicted octanol–water partition coefficient (Wildman–Crippen LogP) is 3.29. The quantitative estimate of drug-likeness (QED) is 0.672. The molecular formula is C16H16N4O3S. The van der Waals surface area contributed by atoms with E-state index in [1.807, 2.05) is 6.07 Å². The molecule has 1 aromatic carbocycles. The van der Waals surface area contributed by atoms with Crippen LogP contribution in [0.1, 0.15) is 12.8 Å². The fraction of sp³-hybridized carbons (Fsp3) is 0.375. The zero-order chi connectivity index (χ0) is 17.4. The lowest BCUT2D eigenvalue weighted by Gasteiger charge is -2.05. The maximum atomic E-state index is 9.06. The minimum Gasteiger partial charge on any atom is -0.497 e. The molecule has 0 bridgehead atoms. The number of nitrogens with zero attached hydrogens (tertiary/aromatic N) is 4. The summed E-state index contributed by atoms with van der Waals surface area (Å²) in [4.78, 5) is 0. The number of rotatable bonds is 8. The molecule has 0 aliphatic carbocycles. The molecule has 2 rings (SSSR count). The van der Waals surface area contributed by atoms with Gasteiger partial charge in [0.1, 0.15) is 11.5 Å². The van der Waals surface area contributed by atoms with E-state index in [1.165, 1.54) is 11.8 Å². The first-order chi connectivity index (χ1) is 11.7. The lowest BCUT2D eigenvalue weighted by molar-refractivity contribution is 0.394. The summed E-state index contributed by atoms with van der Waals surface area (Å²) in [7, 11) is 3.13. The van der Waals surface area contributed by atoms with Gasteiger partial charge in [-0.1, -0.05) is 11.8 Å². The molecule has 0 radical (unpaired) electrons. The van der Waals surface area contributed by atoms with Gasteiger partial charge in [-0.2, -0.15) is 10.5 Å². The summed E-state index contributed by atoms with van der Waals surface area (Å²) in [5, 5.41) is 26.0. The van der Waals surface area contributed by atoms with Crippen LogP contribution in [0.4, 0.5) is 0 Å². The minimum absolute atomic E-state index is 0.220. The highest BCUT2D eigenvalue weighted by atomic mass is 32.2. The molecule has 8 heteroatoms. The van der Waals surface area contributed by atoms with E-state index in [2.05, 4.69) is 16.3 Å². The second kappa shape index (κ2) is 8.80. The number of benzene rings is 1. The Kier molecular flexibility index (Phi) is 6.47. The third-order valence-electron chi connectivity index (χ3n) is 3.20. The molecule has 0 amide bonds. The smallest absolute Gasteiger partial charge is 0.276 e. The predicted molar refractivity (Wildman–Crippen MR) is 87.5 cm³/mol. The topological polar surface area (TPSA) is 105 Å². The summed E-state index contributed by atoms with van der Waals surface area (Å²) < 4.78 is 16.1. The molecule has 2 aromatic rings. The summed E-state index contributed by atoms with van der Waals surface area (Å²) >= 11 is 1.30. The minimum atomic E-state index is -0.220. The third kappa shape index (κ3) is 4.64. The van der Waals surface area contributed by atoms with Crippen LogP contribution in [0, 0.1) is 28.6 Å². The monoisotopic (exact) mass is 344 g/mol. The van der Waals surface area contributed by atoms with Crippen molar-refractivity contribution in [3.8, 4) is 35.1 Å². The van der Waals surface area contributed by atoms with Gasteiger partial charge >= 0.3 is 0 Å². The fourth-order valence-electron chi connectivity index (χ4n) is 1.91. The third-order valence-corrected chi connectivity index (χ3v) is 4.18. The van der Waals surface area contributed by atoms with Crippen LogP contribution in [0.5, 0.6) is 11.5 Å². The summed E-state index contributed by atoms with van der Waals surface area (Å²) in [6.45, 7) is 0. The van der Waals surface area contributed by atoms with Crippen LogP contribution in [0.25, 0.3) is 11.5 Å². The van der Waals surface area contributed by atoms with Crippen molar-refractivity contribution in [2.24, 2.45) is 5.92 Å². The highest BCUT2D eigenvalue weighted by molar-refractivity contribution is 7.99.